The second-order valence-corrected chi connectivity index (χ2v) is 4.78. The number of rotatable bonds is 4. The van der Waals surface area contributed by atoms with E-state index in [2.05, 4.69) is 32.9 Å². The SMILES string of the molecule is CC[C@H]1O[C@@H](/C(C)=C/[C@H](C)CO)CC=C1C. The molecule has 0 aliphatic carbocycles. The molecule has 0 spiro atoms. The first kappa shape index (κ1) is 13.5. The van der Waals surface area contributed by atoms with Crippen molar-refractivity contribution in [3.63, 3.8) is 0 Å². The van der Waals surface area contributed by atoms with Crippen molar-refractivity contribution in [2.45, 2.75) is 52.7 Å². The highest BCUT2D eigenvalue weighted by Gasteiger charge is 2.22. The zero-order valence-electron chi connectivity index (χ0n) is 10.9. The van der Waals surface area contributed by atoms with Crippen LogP contribution in [0.15, 0.2) is 23.3 Å². The smallest absolute Gasteiger partial charge is 0.0825 e. The number of hydrogen-bond acceptors (Lipinski definition) is 2. The van der Waals surface area contributed by atoms with Crippen molar-refractivity contribution in [1.29, 1.82) is 0 Å². The van der Waals surface area contributed by atoms with Gasteiger partial charge in [-0.15, -0.1) is 0 Å². The van der Waals surface area contributed by atoms with Crippen molar-refractivity contribution in [2.75, 3.05) is 6.61 Å². The first-order chi connectivity index (χ1) is 7.58. The molecule has 0 aromatic rings. The highest BCUT2D eigenvalue weighted by atomic mass is 16.5. The molecule has 0 bridgehead atoms. The van der Waals surface area contributed by atoms with Crippen LogP contribution in [0.1, 0.15) is 40.5 Å². The van der Waals surface area contributed by atoms with Gasteiger partial charge in [-0.3, -0.25) is 0 Å². The average molecular weight is 224 g/mol. The molecule has 0 unspecified atom stereocenters. The van der Waals surface area contributed by atoms with Crippen molar-refractivity contribution in [3.8, 4) is 0 Å². The van der Waals surface area contributed by atoms with Crippen molar-refractivity contribution in [1.82, 2.24) is 0 Å². The molecule has 0 amide bonds. The number of aliphatic hydroxyl groups is 1. The quantitative estimate of drug-likeness (QED) is 0.744. The van der Waals surface area contributed by atoms with Crippen LogP contribution in [0.2, 0.25) is 0 Å². The molecule has 0 radical (unpaired) electrons. The fraction of sp³-hybridized carbons (Fsp3) is 0.714. The van der Waals surface area contributed by atoms with Crippen molar-refractivity contribution in [2.24, 2.45) is 5.92 Å². The fourth-order valence-corrected chi connectivity index (χ4v) is 2.11. The lowest BCUT2D eigenvalue weighted by molar-refractivity contribution is 0.0176. The topological polar surface area (TPSA) is 29.5 Å². The van der Waals surface area contributed by atoms with Crippen LogP contribution in [0.5, 0.6) is 0 Å². The summed E-state index contributed by atoms with van der Waals surface area (Å²) in [5.41, 5.74) is 2.59. The molecule has 1 N–H and O–H groups in total. The monoisotopic (exact) mass is 224 g/mol. The van der Waals surface area contributed by atoms with Gasteiger partial charge in [0.15, 0.2) is 0 Å². The van der Waals surface area contributed by atoms with E-state index in [9.17, 15) is 0 Å². The van der Waals surface area contributed by atoms with Gasteiger partial charge in [-0.2, -0.15) is 0 Å². The van der Waals surface area contributed by atoms with E-state index in [4.69, 9.17) is 9.84 Å². The Bertz CT molecular complexity index is 278. The summed E-state index contributed by atoms with van der Waals surface area (Å²) in [6, 6.07) is 0. The molecule has 1 aliphatic heterocycles. The second kappa shape index (κ2) is 6.21. The molecule has 3 atom stereocenters. The Balaban J connectivity index is 2.66. The normalized spacial score (nSPS) is 28.8. The minimum atomic E-state index is 0.197. The van der Waals surface area contributed by atoms with Gasteiger partial charge in [-0.05, 0) is 43.8 Å². The Hall–Kier alpha value is -0.600. The lowest BCUT2D eigenvalue weighted by Crippen LogP contribution is -2.27. The maximum Gasteiger partial charge on any atom is 0.0825 e. The Morgan fingerprint density at radius 2 is 2.38 bits per heavy atom. The van der Waals surface area contributed by atoms with Gasteiger partial charge in [0.05, 0.1) is 12.2 Å². The molecular weight excluding hydrogens is 200 g/mol. The Labute approximate surface area is 99.0 Å². The van der Waals surface area contributed by atoms with E-state index in [1.54, 1.807) is 0 Å². The van der Waals surface area contributed by atoms with Crippen LogP contribution in [0.4, 0.5) is 0 Å². The molecule has 1 rings (SSSR count). The summed E-state index contributed by atoms with van der Waals surface area (Å²) >= 11 is 0. The van der Waals surface area contributed by atoms with Crippen LogP contribution in [0.25, 0.3) is 0 Å². The molecule has 2 heteroatoms. The third-order valence-electron chi connectivity index (χ3n) is 3.20. The van der Waals surface area contributed by atoms with E-state index in [0.29, 0.717) is 0 Å². The molecule has 1 heterocycles. The zero-order valence-corrected chi connectivity index (χ0v) is 10.9. The Kier molecular flexibility index (Phi) is 5.23. The summed E-state index contributed by atoms with van der Waals surface area (Å²) in [6.45, 7) is 8.61. The zero-order chi connectivity index (χ0) is 12.1. The molecule has 16 heavy (non-hydrogen) atoms. The molecule has 2 nitrogen and oxygen atoms in total. The molecule has 0 aromatic heterocycles. The van der Waals surface area contributed by atoms with Crippen molar-refractivity contribution in [3.05, 3.63) is 23.3 Å². The number of ether oxygens (including phenoxy) is 1. The van der Waals surface area contributed by atoms with Crippen LogP contribution in [-0.4, -0.2) is 23.9 Å². The summed E-state index contributed by atoms with van der Waals surface area (Å²) in [4.78, 5) is 0. The standard InChI is InChI=1S/C14H24O2/c1-5-13-11(3)6-7-14(16-13)12(4)8-10(2)9-15/h6,8,10,13-15H,5,7,9H2,1-4H3/b12-8+/t10-,13+,14+/m0/s1. The van der Waals surface area contributed by atoms with Crippen LogP contribution in [-0.2, 0) is 4.74 Å². The number of hydrogen-bond donors (Lipinski definition) is 1. The minimum Gasteiger partial charge on any atom is -0.396 e. The van der Waals surface area contributed by atoms with Crippen LogP contribution < -0.4 is 0 Å². The lowest BCUT2D eigenvalue weighted by atomic mass is 9.97. The third-order valence-corrected chi connectivity index (χ3v) is 3.20. The highest BCUT2D eigenvalue weighted by Crippen LogP contribution is 2.25. The van der Waals surface area contributed by atoms with Gasteiger partial charge in [-0.25, -0.2) is 0 Å². The highest BCUT2D eigenvalue weighted by molar-refractivity contribution is 5.16. The van der Waals surface area contributed by atoms with Crippen LogP contribution in [0.3, 0.4) is 0 Å². The first-order valence-corrected chi connectivity index (χ1v) is 6.19. The van der Waals surface area contributed by atoms with Gasteiger partial charge >= 0.3 is 0 Å². The summed E-state index contributed by atoms with van der Waals surface area (Å²) in [7, 11) is 0. The van der Waals surface area contributed by atoms with Crippen LogP contribution in [0, 0.1) is 5.92 Å². The van der Waals surface area contributed by atoms with Gasteiger partial charge in [0.1, 0.15) is 0 Å². The Morgan fingerprint density at radius 1 is 1.69 bits per heavy atom. The predicted molar refractivity (Wildman–Crippen MR) is 67.3 cm³/mol. The van der Waals surface area contributed by atoms with E-state index in [0.717, 1.165) is 12.8 Å². The van der Waals surface area contributed by atoms with Crippen molar-refractivity contribution >= 4 is 0 Å². The van der Waals surface area contributed by atoms with Crippen molar-refractivity contribution < 1.29 is 9.84 Å². The molecule has 0 saturated heterocycles. The van der Waals surface area contributed by atoms with E-state index >= 15 is 0 Å². The molecule has 1 aliphatic rings. The molecule has 92 valence electrons. The van der Waals surface area contributed by atoms with Gasteiger partial charge in [0.2, 0.25) is 0 Å². The lowest BCUT2D eigenvalue weighted by Gasteiger charge is -2.29. The summed E-state index contributed by atoms with van der Waals surface area (Å²) < 4.78 is 6.04. The van der Waals surface area contributed by atoms with E-state index in [1.165, 1.54) is 11.1 Å². The summed E-state index contributed by atoms with van der Waals surface area (Å²) in [5.74, 6) is 0.218. The maximum absolute atomic E-state index is 9.02. The molecule has 0 fully saturated rings. The average Bonchev–Trinajstić information content (AvgIpc) is 2.29. The molecule has 0 saturated carbocycles. The van der Waals surface area contributed by atoms with E-state index in [-0.39, 0.29) is 24.7 Å². The van der Waals surface area contributed by atoms with Crippen LogP contribution >= 0.6 is 0 Å². The number of aliphatic hydroxyl groups excluding tert-OH is 1. The van der Waals surface area contributed by atoms with Gasteiger partial charge in [-0.1, -0.05) is 26.0 Å². The Morgan fingerprint density at radius 3 is 2.94 bits per heavy atom. The minimum absolute atomic E-state index is 0.197. The summed E-state index contributed by atoms with van der Waals surface area (Å²) in [5, 5.41) is 9.02. The second-order valence-electron chi connectivity index (χ2n) is 4.78. The summed E-state index contributed by atoms with van der Waals surface area (Å²) in [6.07, 6.45) is 6.86. The predicted octanol–water partition coefficient (Wildman–Crippen LogP) is 3.07. The third kappa shape index (κ3) is 3.46. The maximum atomic E-state index is 9.02. The van der Waals surface area contributed by atoms with Gasteiger partial charge in [0, 0.05) is 6.61 Å². The van der Waals surface area contributed by atoms with E-state index in [1.807, 2.05) is 6.92 Å². The largest absolute Gasteiger partial charge is 0.396 e. The van der Waals surface area contributed by atoms with Gasteiger partial charge < -0.3 is 9.84 Å². The molecular formula is C14H24O2. The fourth-order valence-electron chi connectivity index (χ4n) is 2.11. The van der Waals surface area contributed by atoms with E-state index < -0.39 is 0 Å². The van der Waals surface area contributed by atoms with Gasteiger partial charge in [0.25, 0.3) is 0 Å². The molecule has 0 aromatic carbocycles. The first-order valence-electron chi connectivity index (χ1n) is 6.19.